The van der Waals surface area contributed by atoms with Gasteiger partial charge >= 0.3 is 0 Å². The highest BCUT2D eigenvalue weighted by Gasteiger charge is 2.36. The van der Waals surface area contributed by atoms with E-state index < -0.39 is 13.9 Å². The first-order chi connectivity index (χ1) is 11.4. The van der Waals surface area contributed by atoms with E-state index in [0.717, 1.165) is 24.4 Å². The molecule has 1 aromatic carbocycles. The lowest BCUT2D eigenvalue weighted by molar-refractivity contribution is 0.0628. The molecular formula is C20H34N2O2Si. The van der Waals surface area contributed by atoms with Gasteiger partial charge in [0.2, 0.25) is 0 Å². The molecule has 0 fully saturated rings. The Morgan fingerprint density at radius 2 is 1.80 bits per heavy atom. The van der Waals surface area contributed by atoms with Crippen LogP contribution in [0.4, 0.5) is 5.69 Å². The van der Waals surface area contributed by atoms with E-state index in [1.807, 2.05) is 20.0 Å². The summed E-state index contributed by atoms with van der Waals surface area (Å²) >= 11 is 0. The van der Waals surface area contributed by atoms with Crippen LogP contribution < -0.4 is 5.32 Å². The van der Waals surface area contributed by atoms with Crippen molar-refractivity contribution >= 4 is 24.9 Å². The molecule has 1 aromatic heterocycles. The molecule has 0 aliphatic carbocycles. The quantitative estimate of drug-likeness (QED) is 0.547. The Morgan fingerprint density at radius 1 is 1.12 bits per heavy atom. The van der Waals surface area contributed by atoms with Crippen molar-refractivity contribution in [2.45, 2.75) is 64.9 Å². The molecular weight excluding hydrogens is 328 g/mol. The van der Waals surface area contributed by atoms with Gasteiger partial charge in [0.05, 0.1) is 18.8 Å². The lowest BCUT2D eigenvalue weighted by Crippen LogP contribution is -2.41. The summed E-state index contributed by atoms with van der Waals surface area (Å²) in [6.07, 6.45) is 2.03. The number of aliphatic hydroxyl groups is 1. The first-order valence-corrected chi connectivity index (χ1v) is 12.0. The Kier molecular flexibility index (Phi) is 5.71. The van der Waals surface area contributed by atoms with Crippen molar-refractivity contribution in [3.8, 4) is 0 Å². The van der Waals surface area contributed by atoms with Crippen LogP contribution in [0.3, 0.4) is 0 Å². The normalized spacial score (nSPS) is 13.4. The molecule has 0 saturated heterocycles. The SMILES string of the molecule is CC(C)(O)Cn1ccc2cc(NCCO[Si](C)(C)C(C)(C)C)ccc21. The zero-order chi connectivity index (χ0) is 18.9. The van der Waals surface area contributed by atoms with Crippen LogP contribution in [0.2, 0.25) is 18.1 Å². The van der Waals surface area contributed by atoms with Crippen LogP contribution in [-0.4, -0.2) is 36.7 Å². The number of hydrogen-bond donors (Lipinski definition) is 2. The highest BCUT2D eigenvalue weighted by atomic mass is 28.4. The minimum absolute atomic E-state index is 0.245. The van der Waals surface area contributed by atoms with Crippen LogP contribution in [-0.2, 0) is 11.0 Å². The molecule has 0 atom stereocenters. The predicted octanol–water partition coefficient (Wildman–Crippen LogP) is 4.85. The highest BCUT2D eigenvalue weighted by molar-refractivity contribution is 6.74. The fourth-order valence-corrected chi connectivity index (χ4v) is 3.63. The van der Waals surface area contributed by atoms with Crippen molar-refractivity contribution in [1.29, 1.82) is 0 Å². The third-order valence-corrected chi connectivity index (χ3v) is 9.57. The van der Waals surface area contributed by atoms with Crippen molar-refractivity contribution < 1.29 is 9.53 Å². The second-order valence-electron chi connectivity index (χ2n) is 9.07. The van der Waals surface area contributed by atoms with Gasteiger partial charge in [-0.25, -0.2) is 0 Å². The number of aromatic nitrogens is 1. The van der Waals surface area contributed by atoms with E-state index in [-0.39, 0.29) is 5.04 Å². The van der Waals surface area contributed by atoms with Gasteiger partial charge in [0, 0.05) is 29.3 Å². The second kappa shape index (κ2) is 7.14. The average Bonchev–Trinajstić information content (AvgIpc) is 2.83. The number of hydrogen-bond acceptors (Lipinski definition) is 3. The molecule has 25 heavy (non-hydrogen) atoms. The summed E-state index contributed by atoms with van der Waals surface area (Å²) < 4.78 is 8.30. The van der Waals surface area contributed by atoms with Crippen LogP contribution in [0.1, 0.15) is 34.6 Å². The number of fused-ring (bicyclic) bond motifs is 1. The molecule has 0 spiro atoms. The second-order valence-corrected chi connectivity index (χ2v) is 13.9. The fraction of sp³-hybridized carbons (Fsp3) is 0.600. The molecule has 0 aliphatic heterocycles. The number of nitrogens with one attached hydrogen (secondary N) is 1. The van der Waals surface area contributed by atoms with Crippen molar-refractivity contribution in [2.24, 2.45) is 0 Å². The molecule has 4 nitrogen and oxygen atoms in total. The number of nitrogens with zero attached hydrogens (tertiary/aromatic N) is 1. The lowest BCUT2D eigenvalue weighted by atomic mass is 10.1. The molecule has 0 saturated carbocycles. The Hall–Kier alpha value is -1.30. The fourth-order valence-electron chi connectivity index (χ4n) is 2.58. The molecule has 2 N–H and O–H groups in total. The van der Waals surface area contributed by atoms with Gasteiger partial charge in [0.15, 0.2) is 8.32 Å². The van der Waals surface area contributed by atoms with E-state index in [0.29, 0.717) is 6.54 Å². The van der Waals surface area contributed by atoms with Crippen LogP contribution >= 0.6 is 0 Å². The largest absolute Gasteiger partial charge is 0.415 e. The van der Waals surface area contributed by atoms with E-state index >= 15 is 0 Å². The zero-order valence-electron chi connectivity index (χ0n) is 16.8. The first kappa shape index (κ1) is 20.0. The van der Waals surface area contributed by atoms with Crippen molar-refractivity contribution in [3.05, 3.63) is 30.5 Å². The van der Waals surface area contributed by atoms with Crippen LogP contribution in [0.25, 0.3) is 10.9 Å². The summed E-state index contributed by atoms with van der Waals surface area (Å²) in [5, 5.41) is 14.9. The number of benzene rings is 1. The van der Waals surface area contributed by atoms with Gasteiger partial charge < -0.3 is 19.4 Å². The first-order valence-electron chi connectivity index (χ1n) is 9.08. The van der Waals surface area contributed by atoms with E-state index in [1.165, 1.54) is 5.39 Å². The van der Waals surface area contributed by atoms with Gasteiger partial charge in [-0.2, -0.15) is 0 Å². The number of rotatable bonds is 7. The topological polar surface area (TPSA) is 46.4 Å². The van der Waals surface area contributed by atoms with Gasteiger partial charge in [-0.05, 0) is 56.2 Å². The Labute approximate surface area is 153 Å². The van der Waals surface area contributed by atoms with Crippen LogP contribution in [0, 0.1) is 0 Å². The molecule has 2 aromatic rings. The molecule has 1 heterocycles. The molecule has 0 amide bonds. The summed E-state index contributed by atoms with van der Waals surface area (Å²) in [6, 6.07) is 8.45. The lowest BCUT2D eigenvalue weighted by Gasteiger charge is -2.36. The molecule has 5 heteroatoms. The summed E-state index contributed by atoms with van der Waals surface area (Å²) in [5.41, 5.74) is 1.53. The van der Waals surface area contributed by atoms with E-state index in [1.54, 1.807) is 0 Å². The number of anilines is 1. The summed E-state index contributed by atoms with van der Waals surface area (Å²) in [4.78, 5) is 0. The van der Waals surface area contributed by atoms with E-state index in [4.69, 9.17) is 4.43 Å². The zero-order valence-corrected chi connectivity index (χ0v) is 17.8. The summed E-state index contributed by atoms with van der Waals surface area (Å²) in [7, 11) is -1.67. The van der Waals surface area contributed by atoms with E-state index in [2.05, 4.69) is 68.0 Å². The highest BCUT2D eigenvalue weighted by Crippen LogP contribution is 2.36. The minimum atomic E-state index is -1.67. The molecule has 0 radical (unpaired) electrons. The Morgan fingerprint density at radius 3 is 2.40 bits per heavy atom. The maximum Gasteiger partial charge on any atom is 0.192 e. The molecule has 0 unspecified atom stereocenters. The maximum atomic E-state index is 10.0. The third-order valence-electron chi connectivity index (χ3n) is 5.03. The Bertz CT molecular complexity index is 709. The van der Waals surface area contributed by atoms with Crippen LogP contribution in [0.15, 0.2) is 30.5 Å². The third kappa shape index (κ3) is 5.33. The average molecular weight is 363 g/mol. The van der Waals surface area contributed by atoms with Crippen molar-refractivity contribution in [2.75, 3.05) is 18.5 Å². The monoisotopic (exact) mass is 362 g/mol. The minimum Gasteiger partial charge on any atom is -0.415 e. The molecule has 0 bridgehead atoms. The van der Waals surface area contributed by atoms with Crippen LogP contribution in [0.5, 0.6) is 0 Å². The smallest absolute Gasteiger partial charge is 0.192 e. The van der Waals surface area contributed by atoms with E-state index in [9.17, 15) is 5.11 Å². The Balaban J connectivity index is 1.95. The molecule has 140 valence electrons. The van der Waals surface area contributed by atoms with Crippen molar-refractivity contribution in [3.63, 3.8) is 0 Å². The van der Waals surface area contributed by atoms with Gasteiger partial charge in [0.25, 0.3) is 0 Å². The maximum absolute atomic E-state index is 10.0. The van der Waals surface area contributed by atoms with Gasteiger partial charge in [0.1, 0.15) is 0 Å². The molecule has 2 rings (SSSR count). The predicted molar refractivity (Wildman–Crippen MR) is 110 cm³/mol. The van der Waals surface area contributed by atoms with Gasteiger partial charge in [-0.15, -0.1) is 0 Å². The summed E-state index contributed by atoms with van der Waals surface area (Å²) in [6.45, 7) is 17.1. The van der Waals surface area contributed by atoms with Crippen molar-refractivity contribution in [1.82, 2.24) is 4.57 Å². The molecule has 0 aliphatic rings. The van der Waals surface area contributed by atoms with Gasteiger partial charge in [-0.3, -0.25) is 0 Å². The summed E-state index contributed by atoms with van der Waals surface area (Å²) in [5.74, 6) is 0. The standard InChI is InChI=1S/C20H34N2O2Si/c1-19(2,3)25(6,7)24-13-11-21-17-8-9-18-16(14-17)10-12-22(18)15-20(4,5)23/h8-10,12,14,21,23H,11,13,15H2,1-7H3. The van der Waals surface area contributed by atoms with Gasteiger partial charge in [-0.1, -0.05) is 20.8 Å².